The Kier molecular flexibility index (Phi) is 2.82. The first-order valence-corrected chi connectivity index (χ1v) is 7.31. The molecule has 0 bridgehead atoms. The SMILES string of the molecule is CS[C@@H]1N=C2C(=CN1)C[N+](=O)CC1CCCN21. The number of amidine groups is 1. The third-order valence-electron chi connectivity index (χ3n) is 3.56. The number of hydrogen-bond donors (Lipinski definition) is 1. The lowest BCUT2D eigenvalue weighted by atomic mass is 10.2. The van der Waals surface area contributed by atoms with Crippen LogP contribution in [-0.4, -0.2) is 52.9 Å². The van der Waals surface area contributed by atoms with Gasteiger partial charge in [-0.05, 0) is 19.1 Å². The van der Waals surface area contributed by atoms with Crippen LogP contribution in [0.4, 0.5) is 0 Å². The Bertz CT molecular complexity index is 406. The van der Waals surface area contributed by atoms with Crippen LogP contribution in [-0.2, 0) is 0 Å². The summed E-state index contributed by atoms with van der Waals surface area (Å²) in [6.45, 7) is 2.11. The van der Waals surface area contributed by atoms with Crippen LogP contribution in [0.3, 0.4) is 0 Å². The molecule has 3 aliphatic rings. The summed E-state index contributed by atoms with van der Waals surface area (Å²) in [7, 11) is 0. The Labute approximate surface area is 105 Å². The number of nitroso groups, excluding NO2 is 1. The van der Waals surface area contributed by atoms with Crippen LogP contribution in [0.25, 0.3) is 0 Å². The molecule has 3 rings (SSSR count). The molecule has 0 aromatic rings. The summed E-state index contributed by atoms with van der Waals surface area (Å²) in [6.07, 6.45) is 6.29. The van der Waals surface area contributed by atoms with Crippen LogP contribution in [0.2, 0.25) is 0 Å². The van der Waals surface area contributed by atoms with Gasteiger partial charge in [0.2, 0.25) is 13.1 Å². The van der Waals surface area contributed by atoms with Crippen molar-refractivity contribution >= 4 is 17.6 Å². The Morgan fingerprint density at radius 1 is 1.65 bits per heavy atom. The van der Waals surface area contributed by atoms with E-state index < -0.39 is 0 Å². The molecule has 0 spiro atoms. The maximum atomic E-state index is 11.8. The van der Waals surface area contributed by atoms with Gasteiger partial charge in [0.15, 0.2) is 5.50 Å². The number of nitrogens with zero attached hydrogens (tertiary/aromatic N) is 3. The van der Waals surface area contributed by atoms with Gasteiger partial charge in [-0.1, -0.05) is 0 Å². The molecular weight excluding hydrogens is 236 g/mol. The molecule has 0 saturated carbocycles. The molecule has 3 aliphatic heterocycles. The lowest BCUT2D eigenvalue weighted by Crippen LogP contribution is -2.40. The van der Waals surface area contributed by atoms with E-state index in [1.54, 1.807) is 11.8 Å². The molecule has 1 unspecified atom stereocenters. The Morgan fingerprint density at radius 3 is 3.35 bits per heavy atom. The fourth-order valence-electron chi connectivity index (χ4n) is 2.76. The lowest BCUT2D eigenvalue weighted by Gasteiger charge is -2.27. The quantitative estimate of drug-likeness (QED) is 0.701. The fraction of sp³-hybridized carbons (Fsp3) is 0.727. The minimum Gasteiger partial charge on any atom is -0.361 e. The number of fused-ring (bicyclic) bond motifs is 3. The van der Waals surface area contributed by atoms with Crippen molar-refractivity contribution in [2.24, 2.45) is 4.99 Å². The molecule has 0 amide bonds. The van der Waals surface area contributed by atoms with Crippen LogP contribution < -0.4 is 5.32 Å². The van der Waals surface area contributed by atoms with Crippen molar-refractivity contribution in [3.05, 3.63) is 16.7 Å². The highest BCUT2D eigenvalue weighted by Gasteiger charge is 2.39. The second-order valence-corrected chi connectivity index (χ2v) is 5.61. The van der Waals surface area contributed by atoms with Crippen LogP contribution in [0, 0.1) is 4.91 Å². The van der Waals surface area contributed by atoms with Crippen LogP contribution in [0.1, 0.15) is 12.8 Å². The second-order valence-electron chi connectivity index (χ2n) is 4.69. The minimum atomic E-state index is 0.0909. The summed E-state index contributed by atoms with van der Waals surface area (Å²) in [4.78, 5) is 18.8. The average molecular weight is 253 g/mol. The van der Waals surface area contributed by atoms with Gasteiger partial charge in [0, 0.05) is 22.4 Å². The van der Waals surface area contributed by atoms with E-state index in [2.05, 4.69) is 10.2 Å². The first-order chi connectivity index (χ1) is 8.28. The summed E-state index contributed by atoms with van der Waals surface area (Å²) in [6, 6.07) is 0.359. The number of aliphatic imine (C=N–C) groups is 1. The highest BCUT2D eigenvalue weighted by molar-refractivity contribution is 7.99. The first-order valence-electron chi connectivity index (χ1n) is 6.02. The van der Waals surface area contributed by atoms with Gasteiger partial charge in [-0.2, -0.15) is 0 Å². The van der Waals surface area contributed by atoms with E-state index in [0.717, 1.165) is 24.4 Å². The van der Waals surface area contributed by atoms with E-state index in [1.807, 2.05) is 12.5 Å². The predicted octanol–water partition coefficient (Wildman–Crippen LogP) is 0.776. The topological polar surface area (TPSA) is 47.7 Å². The molecule has 0 aromatic heterocycles. The first kappa shape index (κ1) is 11.1. The molecule has 0 aromatic carbocycles. The molecule has 3 heterocycles. The van der Waals surface area contributed by atoms with Crippen molar-refractivity contribution in [3.63, 3.8) is 0 Å². The molecule has 5 nitrogen and oxygen atoms in total. The number of nitrogens with one attached hydrogen (secondary N) is 1. The molecule has 1 N–H and O–H groups in total. The zero-order valence-electron chi connectivity index (χ0n) is 9.93. The third kappa shape index (κ3) is 1.94. The van der Waals surface area contributed by atoms with Gasteiger partial charge in [-0.25, -0.2) is 4.99 Å². The molecule has 0 radical (unpaired) electrons. The highest BCUT2D eigenvalue weighted by Crippen LogP contribution is 2.26. The van der Waals surface area contributed by atoms with E-state index in [4.69, 9.17) is 4.99 Å². The van der Waals surface area contributed by atoms with Crippen molar-refractivity contribution in [1.82, 2.24) is 10.2 Å². The second kappa shape index (κ2) is 4.33. The van der Waals surface area contributed by atoms with Gasteiger partial charge < -0.3 is 10.2 Å². The molecular formula is C11H17N4OS+. The largest absolute Gasteiger partial charge is 0.361 e. The fourth-order valence-corrected chi connectivity index (χ4v) is 3.17. The lowest BCUT2D eigenvalue weighted by molar-refractivity contribution is -0.542. The van der Waals surface area contributed by atoms with Crippen LogP contribution >= 0.6 is 11.8 Å². The molecule has 2 saturated heterocycles. The van der Waals surface area contributed by atoms with E-state index >= 15 is 0 Å². The maximum Gasteiger partial charge on any atom is 0.222 e. The highest BCUT2D eigenvalue weighted by atomic mass is 32.2. The van der Waals surface area contributed by atoms with Gasteiger partial charge in [-0.3, -0.25) is 0 Å². The Morgan fingerprint density at radius 2 is 2.53 bits per heavy atom. The van der Waals surface area contributed by atoms with Crippen molar-refractivity contribution in [2.75, 3.05) is 25.9 Å². The van der Waals surface area contributed by atoms with E-state index in [9.17, 15) is 4.91 Å². The number of hydrogen-bond acceptors (Lipinski definition) is 5. The molecule has 2 atom stereocenters. The van der Waals surface area contributed by atoms with Gasteiger partial charge in [0.25, 0.3) is 0 Å². The number of rotatable bonds is 1. The predicted molar refractivity (Wildman–Crippen MR) is 69.0 cm³/mol. The van der Waals surface area contributed by atoms with Crippen molar-refractivity contribution in [1.29, 1.82) is 0 Å². The smallest absolute Gasteiger partial charge is 0.222 e. The molecule has 0 aliphatic carbocycles. The van der Waals surface area contributed by atoms with Crippen molar-refractivity contribution < 1.29 is 4.76 Å². The third-order valence-corrected chi connectivity index (χ3v) is 4.25. The van der Waals surface area contributed by atoms with Crippen molar-refractivity contribution in [2.45, 2.75) is 24.4 Å². The molecule has 17 heavy (non-hydrogen) atoms. The van der Waals surface area contributed by atoms with Gasteiger partial charge in [0.05, 0.1) is 11.6 Å². The normalized spacial score (nSPS) is 32.1. The Hall–Kier alpha value is -1.04. The average Bonchev–Trinajstić information content (AvgIpc) is 2.72. The zero-order chi connectivity index (χ0) is 11.8. The summed E-state index contributed by atoms with van der Waals surface area (Å²) in [5.41, 5.74) is 1.13. The van der Waals surface area contributed by atoms with Crippen LogP contribution in [0.5, 0.6) is 0 Å². The maximum absolute atomic E-state index is 11.8. The monoisotopic (exact) mass is 253 g/mol. The standard InChI is InChI=1S/C11H17N4OS/c1-17-11-12-5-8-6-14(16)7-9-3-2-4-15(9)10(8)13-11/h5,9,11-12H,2-4,6-7H2,1H3/q+1/t9?,11-/m0/s1. The van der Waals surface area contributed by atoms with Gasteiger partial charge in [0.1, 0.15) is 5.84 Å². The van der Waals surface area contributed by atoms with Gasteiger partial charge >= 0.3 is 0 Å². The number of thioether (sulfide) groups is 1. The molecule has 6 heteroatoms. The summed E-state index contributed by atoms with van der Waals surface area (Å²) in [5, 5.41) is 3.22. The van der Waals surface area contributed by atoms with E-state index in [1.165, 1.54) is 11.2 Å². The summed E-state index contributed by atoms with van der Waals surface area (Å²) in [5.74, 6) is 1.05. The molecule has 2 fully saturated rings. The van der Waals surface area contributed by atoms with Crippen molar-refractivity contribution in [3.8, 4) is 0 Å². The Balaban J connectivity index is 1.96. The van der Waals surface area contributed by atoms with E-state index in [-0.39, 0.29) is 5.50 Å². The van der Waals surface area contributed by atoms with Crippen LogP contribution in [0.15, 0.2) is 16.8 Å². The molecule has 92 valence electrons. The van der Waals surface area contributed by atoms with Gasteiger partial charge in [-0.15, -0.1) is 11.8 Å². The minimum absolute atomic E-state index is 0.0909. The summed E-state index contributed by atoms with van der Waals surface area (Å²) >= 11 is 1.68. The summed E-state index contributed by atoms with van der Waals surface area (Å²) < 4.78 is 1.17. The zero-order valence-corrected chi connectivity index (χ0v) is 10.7. The van der Waals surface area contributed by atoms with E-state index in [0.29, 0.717) is 19.1 Å².